The second-order valence-corrected chi connectivity index (χ2v) is 6.82. The van der Waals surface area contributed by atoms with Crippen LogP contribution in [-0.2, 0) is 4.79 Å². The van der Waals surface area contributed by atoms with Gasteiger partial charge in [0, 0.05) is 17.7 Å². The minimum absolute atomic E-state index is 0.0152. The lowest BCUT2D eigenvalue weighted by molar-refractivity contribution is -0.384. The van der Waals surface area contributed by atoms with E-state index in [-0.39, 0.29) is 22.3 Å². The second-order valence-electron chi connectivity index (χ2n) is 4.85. The Labute approximate surface area is 139 Å². The lowest BCUT2D eigenvalue weighted by Gasteiger charge is -2.11. The van der Waals surface area contributed by atoms with Crippen molar-refractivity contribution >= 4 is 44.0 Å². The minimum Gasteiger partial charge on any atom is -0.300 e. The molecule has 116 valence electrons. The fraction of sp³-hybridized carbons (Fsp3) is 0.308. The van der Waals surface area contributed by atoms with Crippen LogP contribution >= 0.6 is 27.3 Å². The molecular weight excluding hydrogens is 372 g/mol. The molecular formula is C13H13BrN4O3S. The predicted molar refractivity (Wildman–Crippen MR) is 88.2 cm³/mol. The van der Waals surface area contributed by atoms with E-state index in [1.165, 1.54) is 23.5 Å². The van der Waals surface area contributed by atoms with Gasteiger partial charge in [0.2, 0.25) is 11.0 Å². The van der Waals surface area contributed by atoms with Crippen molar-refractivity contribution < 1.29 is 9.72 Å². The normalized spacial score (nSPS) is 12.2. The van der Waals surface area contributed by atoms with E-state index in [0.717, 1.165) is 0 Å². The smallest absolute Gasteiger partial charge is 0.270 e. The van der Waals surface area contributed by atoms with Crippen molar-refractivity contribution in [1.82, 2.24) is 10.2 Å². The molecule has 2 aromatic rings. The van der Waals surface area contributed by atoms with Gasteiger partial charge in [-0.15, -0.1) is 10.2 Å². The zero-order valence-corrected chi connectivity index (χ0v) is 14.2. The Bertz CT molecular complexity index is 704. The van der Waals surface area contributed by atoms with Crippen molar-refractivity contribution in [2.75, 3.05) is 5.32 Å². The summed E-state index contributed by atoms with van der Waals surface area (Å²) in [6.07, 6.45) is 0. The van der Waals surface area contributed by atoms with Crippen molar-refractivity contribution in [3.8, 4) is 10.6 Å². The van der Waals surface area contributed by atoms with Gasteiger partial charge in [-0.3, -0.25) is 20.2 Å². The number of halogens is 1. The molecule has 1 atom stereocenters. The molecule has 0 aliphatic carbocycles. The van der Waals surface area contributed by atoms with Crippen LogP contribution in [0.3, 0.4) is 0 Å². The maximum Gasteiger partial charge on any atom is 0.270 e. The Morgan fingerprint density at radius 1 is 1.41 bits per heavy atom. The molecule has 1 heterocycles. The molecule has 0 spiro atoms. The average Bonchev–Trinajstić information content (AvgIpc) is 2.94. The number of rotatable bonds is 5. The summed E-state index contributed by atoms with van der Waals surface area (Å²) in [5.41, 5.74) is 0.574. The predicted octanol–water partition coefficient (Wildman–Crippen LogP) is 3.47. The highest BCUT2D eigenvalue weighted by Gasteiger charge is 2.20. The van der Waals surface area contributed by atoms with Crippen LogP contribution in [0.1, 0.15) is 13.8 Å². The number of aromatic nitrogens is 2. The van der Waals surface area contributed by atoms with Gasteiger partial charge in [0.05, 0.1) is 9.75 Å². The lowest BCUT2D eigenvalue weighted by atomic mass is 10.1. The van der Waals surface area contributed by atoms with Gasteiger partial charge in [-0.2, -0.15) is 0 Å². The van der Waals surface area contributed by atoms with E-state index in [1.807, 2.05) is 13.8 Å². The first kappa shape index (κ1) is 16.5. The Balaban J connectivity index is 2.16. The number of nitrogens with one attached hydrogen (secondary N) is 1. The first-order valence-electron chi connectivity index (χ1n) is 6.41. The van der Waals surface area contributed by atoms with E-state index < -0.39 is 4.92 Å². The number of nitro benzene ring substituents is 1. The Morgan fingerprint density at radius 2 is 2.14 bits per heavy atom. The maximum absolute atomic E-state index is 11.9. The maximum atomic E-state index is 11.9. The number of non-ortho nitro benzene ring substituents is 1. The van der Waals surface area contributed by atoms with Crippen molar-refractivity contribution in [3.05, 3.63) is 34.4 Å². The van der Waals surface area contributed by atoms with Crippen LogP contribution in [0.25, 0.3) is 10.6 Å². The Hall–Kier alpha value is -1.87. The van der Waals surface area contributed by atoms with Gasteiger partial charge in [0.25, 0.3) is 5.69 Å². The van der Waals surface area contributed by atoms with Crippen LogP contribution in [0, 0.1) is 16.0 Å². The molecule has 1 aromatic heterocycles. The molecule has 0 saturated carbocycles. The van der Waals surface area contributed by atoms with Crippen molar-refractivity contribution in [1.29, 1.82) is 0 Å². The number of hydrogen-bond donors (Lipinski definition) is 1. The summed E-state index contributed by atoms with van der Waals surface area (Å²) in [4.78, 5) is 21.9. The van der Waals surface area contributed by atoms with Gasteiger partial charge in [-0.25, -0.2) is 0 Å². The molecule has 9 heteroatoms. The first-order valence-corrected chi connectivity index (χ1v) is 8.15. The van der Waals surface area contributed by atoms with Crippen LogP contribution in [-0.4, -0.2) is 25.9 Å². The van der Waals surface area contributed by atoms with Crippen molar-refractivity contribution in [2.45, 2.75) is 18.7 Å². The topological polar surface area (TPSA) is 98.0 Å². The zero-order valence-electron chi connectivity index (χ0n) is 11.8. The molecule has 2 rings (SSSR count). The molecule has 1 aromatic carbocycles. The van der Waals surface area contributed by atoms with E-state index in [9.17, 15) is 14.9 Å². The van der Waals surface area contributed by atoms with Crippen LogP contribution < -0.4 is 5.32 Å². The third-order valence-corrected chi connectivity index (χ3v) is 5.16. The molecule has 22 heavy (non-hydrogen) atoms. The van der Waals surface area contributed by atoms with Crippen LogP contribution in [0.2, 0.25) is 0 Å². The SMILES string of the molecule is CC(C)C(Br)C(=O)Nc1nnc(-c2cccc([N+](=O)[O-])c2)s1. The molecule has 0 aliphatic rings. The summed E-state index contributed by atoms with van der Waals surface area (Å²) < 4.78 is 0. The van der Waals surface area contributed by atoms with Gasteiger partial charge >= 0.3 is 0 Å². The second kappa shape index (κ2) is 6.93. The number of amides is 1. The highest BCUT2D eigenvalue weighted by molar-refractivity contribution is 9.10. The van der Waals surface area contributed by atoms with Gasteiger partial charge in [-0.1, -0.05) is 53.2 Å². The number of benzene rings is 1. The number of alkyl halides is 1. The zero-order chi connectivity index (χ0) is 16.3. The average molecular weight is 385 g/mol. The Kier molecular flexibility index (Phi) is 5.19. The van der Waals surface area contributed by atoms with Crippen LogP contribution in [0.4, 0.5) is 10.8 Å². The molecule has 1 amide bonds. The highest BCUT2D eigenvalue weighted by Crippen LogP contribution is 2.29. The fourth-order valence-corrected chi connectivity index (χ4v) is 2.48. The summed E-state index contributed by atoms with van der Waals surface area (Å²) >= 11 is 4.48. The fourth-order valence-electron chi connectivity index (χ4n) is 1.62. The molecule has 0 saturated heterocycles. The number of hydrogen-bond acceptors (Lipinski definition) is 6. The molecule has 0 bridgehead atoms. The van der Waals surface area contributed by atoms with Gasteiger partial charge in [0.15, 0.2) is 0 Å². The lowest BCUT2D eigenvalue weighted by Crippen LogP contribution is -2.26. The first-order chi connectivity index (χ1) is 10.4. The molecule has 1 N–H and O–H groups in total. The minimum atomic E-state index is -0.467. The summed E-state index contributed by atoms with van der Waals surface area (Å²) in [5.74, 6) is -0.0547. The largest absolute Gasteiger partial charge is 0.300 e. The van der Waals surface area contributed by atoms with E-state index in [1.54, 1.807) is 12.1 Å². The van der Waals surface area contributed by atoms with Crippen molar-refractivity contribution in [3.63, 3.8) is 0 Å². The number of nitrogens with zero attached hydrogens (tertiary/aromatic N) is 3. The quantitative estimate of drug-likeness (QED) is 0.483. The highest BCUT2D eigenvalue weighted by atomic mass is 79.9. The van der Waals surface area contributed by atoms with Gasteiger partial charge < -0.3 is 0 Å². The number of nitro groups is 1. The van der Waals surface area contributed by atoms with Gasteiger partial charge in [0.1, 0.15) is 5.01 Å². The third-order valence-electron chi connectivity index (χ3n) is 2.79. The van der Waals surface area contributed by atoms with Crippen LogP contribution in [0.5, 0.6) is 0 Å². The summed E-state index contributed by atoms with van der Waals surface area (Å²) in [7, 11) is 0. The molecule has 0 aliphatic heterocycles. The monoisotopic (exact) mass is 384 g/mol. The van der Waals surface area contributed by atoms with E-state index in [2.05, 4.69) is 31.4 Å². The van der Waals surface area contributed by atoms with E-state index >= 15 is 0 Å². The third kappa shape index (κ3) is 3.86. The molecule has 0 radical (unpaired) electrons. The Morgan fingerprint density at radius 3 is 2.77 bits per heavy atom. The van der Waals surface area contributed by atoms with Crippen LogP contribution in [0.15, 0.2) is 24.3 Å². The number of carbonyl (C=O) groups excluding carboxylic acids is 1. The molecule has 1 unspecified atom stereocenters. The molecule has 7 nitrogen and oxygen atoms in total. The standard InChI is InChI=1S/C13H13BrN4O3S/c1-7(2)10(14)11(19)15-13-17-16-12(22-13)8-4-3-5-9(6-8)18(20)21/h3-7,10H,1-2H3,(H,15,17,19). The summed E-state index contributed by atoms with van der Waals surface area (Å²) in [6.45, 7) is 3.85. The van der Waals surface area contributed by atoms with E-state index in [0.29, 0.717) is 15.7 Å². The van der Waals surface area contributed by atoms with E-state index in [4.69, 9.17) is 0 Å². The molecule has 0 fully saturated rings. The van der Waals surface area contributed by atoms with Gasteiger partial charge in [-0.05, 0) is 5.92 Å². The summed E-state index contributed by atoms with van der Waals surface area (Å²) in [5, 5.41) is 22.2. The number of carbonyl (C=O) groups is 1. The number of anilines is 1. The van der Waals surface area contributed by atoms with Crippen molar-refractivity contribution in [2.24, 2.45) is 5.92 Å². The summed E-state index contributed by atoms with van der Waals surface area (Å²) in [6, 6.07) is 6.12.